The van der Waals surface area contributed by atoms with Crippen molar-refractivity contribution in [2.24, 2.45) is 0 Å². The Balaban J connectivity index is 1.88. The van der Waals surface area contributed by atoms with Gasteiger partial charge in [0.05, 0.1) is 23.0 Å². The Hall–Kier alpha value is -0.935. The summed E-state index contributed by atoms with van der Waals surface area (Å²) in [6.45, 7) is 8.01. The van der Waals surface area contributed by atoms with Gasteiger partial charge in [-0.05, 0) is 58.1 Å². The van der Waals surface area contributed by atoms with Gasteiger partial charge in [-0.25, -0.2) is 4.39 Å². The lowest BCUT2D eigenvalue weighted by Crippen LogP contribution is -2.41. The van der Waals surface area contributed by atoms with E-state index in [0.29, 0.717) is 11.5 Å². The van der Waals surface area contributed by atoms with Crippen molar-refractivity contribution in [1.29, 1.82) is 0 Å². The lowest BCUT2D eigenvalue weighted by Gasteiger charge is -2.32. The molecule has 0 N–H and O–H groups in total. The third-order valence-corrected chi connectivity index (χ3v) is 4.95. The maximum atomic E-state index is 13.9. The Kier molecular flexibility index (Phi) is 3.18. The fourth-order valence-electron chi connectivity index (χ4n) is 2.60. The van der Waals surface area contributed by atoms with E-state index in [1.807, 2.05) is 33.8 Å². The first-order valence-electron chi connectivity index (χ1n) is 7.31. The number of aromatic nitrogens is 1. The van der Waals surface area contributed by atoms with Gasteiger partial charge in [0.15, 0.2) is 0 Å². The van der Waals surface area contributed by atoms with Gasteiger partial charge in [-0.3, -0.25) is 4.98 Å². The van der Waals surface area contributed by atoms with Crippen molar-refractivity contribution < 1.29 is 13.7 Å². The van der Waals surface area contributed by atoms with E-state index in [4.69, 9.17) is 9.31 Å². The molecule has 0 unspecified atom stereocenters. The summed E-state index contributed by atoms with van der Waals surface area (Å²) in [6.07, 6.45) is 4.60. The van der Waals surface area contributed by atoms with Crippen molar-refractivity contribution in [2.45, 2.75) is 64.1 Å². The van der Waals surface area contributed by atoms with Gasteiger partial charge in [0, 0.05) is 0 Å². The standard InChI is InChI=1S/C15H21BFNO2/c1-14(2)15(3,4)20-16(19-14)13-8-11(10-6-5-7-10)12(17)9-18-13/h8-10H,5-7H2,1-4H3. The second-order valence-corrected chi connectivity index (χ2v) is 6.85. The van der Waals surface area contributed by atoms with E-state index >= 15 is 0 Å². The van der Waals surface area contributed by atoms with Gasteiger partial charge in [-0.1, -0.05) is 6.42 Å². The molecular formula is C15H21BFNO2. The van der Waals surface area contributed by atoms with Gasteiger partial charge in [0.1, 0.15) is 5.82 Å². The third kappa shape index (κ3) is 2.17. The van der Waals surface area contributed by atoms with E-state index in [1.54, 1.807) is 0 Å². The molecule has 1 aliphatic carbocycles. The van der Waals surface area contributed by atoms with E-state index in [2.05, 4.69) is 4.98 Å². The van der Waals surface area contributed by atoms with E-state index in [9.17, 15) is 4.39 Å². The zero-order valence-corrected chi connectivity index (χ0v) is 12.6. The molecule has 5 heteroatoms. The molecule has 0 bridgehead atoms. The van der Waals surface area contributed by atoms with Crippen molar-refractivity contribution in [3.63, 3.8) is 0 Å². The smallest absolute Gasteiger partial charge is 0.398 e. The summed E-state index contributed by atoms with van der Waals surface area (Å²) in [4.78, 5) is 4.17. The lowest BCUT2D eigenvalue weighted by molar-refractivity contribution is 0.00578. The summed E-state index contributed by atoms with van der Waals surface area (Å²) in [5, 5.41) is 0. The Bertz CT molecular complexity index is 513. The summed E-state index contributed by atoms with van der Waals surface area (Å²) in [7, 11) is -0.514. The Morgan fingerprint density at radius 3 is 2.30 bits per heavy atom. The maximum absolute atomic E-state index is 13.9. The molecule has 1 saturated carbocycles. The van der Waals surface area contributed by atoms with Gasteiger partial charge >= 0.3 is 7.12 Å². The fourth-order valence-corrected chi connectivity index (χ4v) is 2.60. The largest absolute Gasteiger partial charge is 0.514 e. The van der Waals surface area contributed by atoms with Crippen LogP contribution in [0.4, 0.5) is 4.39 Å². The summed E-state index contributed by atoms with van der Waals surface area (Å²) in [5.41, 5.74) is 0.636. The highest BCUT2D eigenvalue weighted by Gasteiger charge is 2.52. The zero-order valence-electron chi connectivity index (χ0n) is 12.6. The molecule has 1 saturated heterocycles. The number of pyridine rings is 1. The number of hydrogen-bond acceptors (Lipinski definition) is 3. The van der Waals surface area contributed by atoms with Crippen LogP contribution in [-0.4, -0.2) is 23.3 Å². The summed E-state index contributed by atoms with van der Waals surface area (Å²) in [6, 6.07) is 1.82. The predicted octanol–water partition coefficient (Wildman–Crippen LogP) is 2.79. The van der Waals surface area contributed by atoms with Crippen LogP contribution in [0.2, 0.25) is 0 Å². The molecule has 3 nitrogen and oxygen atoms in total. The molecule has 2 fully saturated rings. The minimum atomic E-state index is -0.514. The Labute approximate surface area is 120 Å². The average Bonchev–Trinajstić information content (AvgIpc) is 2.49. The SMILES string of the molecule is CC1(C)OB(c2cc(C3CCC3)c(F)cn2)OC1(C)C. The van der Waals surface area contributed by atoms with Crippen LogP contribution in [0.25, 0.3) is 0 Å². The molecule has 0 atom stereocenters. The molecule has 3 rings (SSSR count). The molecule has 0 radical (unpaired) electrons. The van der Waals surface area contributed by atoms with Gasteiger partial charge in [0.2, 0.25) is 0 Å². The van der Waals surface area contributed by atoms with Crippen LogP contribution >= 0.6 is 0 Å². The monoisotopic (exact) mass is 277 g/mol. The number of halogens is 1. The van der Waals surface area contributed by atoms with Crippen LogP contribution in [0.15, 0.2) is 12.3 Å². The van der Waals surface area contributed by atoms with Crippen LogP contribution in [0.3, 0.4) is 0 Å². The highest BCUT2D eigenvalue weighted by molar-refractivity contribution is 6.61. The molecule has 108 valence electrons. The quantitative estimate of drug-likeness (QED) is 0.779. The minimum absolute atomic E-state index is 0.213. The number of rotatable bonds is 2. The van der Waals surface area contributed by atoms with Crippen LogP contribution in [0.5, 0.6) is 0 Å². The fraction of sp³-hybridized carbons (Fsp3) is 0.667. The van der Waals surface area contributed by atoms with E-state index < -0.39 is 18.3 Å². The predicted molar refractivity (Wildman–Crippen MR) is 76.5 cm³/mol. The van der Waals surface area contributed by atoms with Crippen LogP contribution in [0, 0.1) is 5.82 Å². The van der Waals surface area contributed by atoms with E-state index in [-0.39, 0.29) is 5.82 Å². The minimum Gasteiger partial charge on any atom is -0.398 e. The molecule has 1 aromatic rings. The third-order valence-electron chi connectivity index (χ3n) is 4.95. The van der Waals surface area contributed by atoms with Gasteiger partial charge in [-0.2, -0.15) is 0 Å². The van der Waals surface area contributed by atoms with E-state index in [1.165, 1.54) is 12.6 Å². The van der Waals surface area contributed by atoms with Crippen molar-refractivity contribution in [2.75, 3.05) is 0 Å². The average molecular weight is 277 g/mol. The molecule has 1 aromatic heterocycles. The first kappa shape index (κ1) is 14.0. The summed E-state index contributed by atoms with van der Waals surface area (Å²) in [5.74, 6) is 0.120. The number of hydrogen-bond donors (Lipinski definition) is 0. The van der Waals surface area contributed by atoms with Crippen molar-refractivity contribution in [3.05, 3.63) is 23.6 Å². The van der Waals surface area contributed by atoms with Gasteiger partial charge in [-0.15, -0.1) is 0 Å². The van der Waals surface area contributed by atoms with Gasteiger partial charge in [0.25, 0.3) is 0 Å². The van der Waals surface area contributed by atoms with Crippen molar-refractivity contribution in [1.82, 2.24) is 4.98 Å². The Morgan fingerprint density at radius 1 is 1.20 bits per heavy atom. The maximum Gasteiger partial charge on any atom is 0.514 e. The Morgan fingerprint density at radius 2 is 1.80 bits per heavy atom. The highest BCUT2D eigenvalue weighted by atomic mass is 19.1. The molecule has 0 spiro atoms. The molecular weight excluding hydrogens is 256 g/mol. The molecule has 2 heterocycles. The molecule has 20 heavy (non-hydrogen) atoms. The second kappa shape index (κ2) is 4.53. The van der Waals surface area contributed by atoms with Gasteiger partial charge < -0.3 is 9.31 Å². The molecule has 0 aromatic carbocycles. The summed E-state index contributed by atoms with van der Waals surface area (Å²) < 4.78 is 25.8. The summed E-state index contributed by atoms with van der Waals surface area (Å²) >= 11 is 0. The van der Waals surface area contributed by atoms with Crippen LogP contribution in [-0.2, 0) is 9.31 Å². The lowest BCUT2D eigenvalue weighted by atomic mass is 9.76. The van der Waals surface area contributed by atoms with Crippen LogP contribution in [0.1, 0.15) is 58.4 Å². The molecule has 0 amide bonds. The second-order valence-electron chi connectivity index (χ2n) is 6.85. The first-order valence-corrected chi connectivity index (χ1v) is 7.31. The molecule has 1 aliphatic heterocycles. The van der Waals surface area contributed by atoms with Crippen molar-refractivity contribution >= 4 is 12.7 Å². The topological polar surface area (TPSA) is 31.4 Å². The normalized spacial score (nSPS) is 24.8. The molecule has 2 aliphatic rings. The zero-order chi connectivity index (χ0) is 14.5. The van der Waals surface area contributed by atoms with E-state index in [0.717, 1.165) is 18.4 Å². The first-order chi connectivity index (χ1) is 9.30. The van der Waals surface area contributed by atoms with Crippen molar-refractivity contribution in [3.8, 4) is 0 Å². The highest BCUT2D eigenvalue weighted by Crippen LogP contribution is 2.38. The number of nitrogens with zero attached hydrogens (tertiary/aromatic N) is 1. The van der Waals surface area contributed by atoms with Crippen LogP contribution < -0.4 is 5.59 Å².